The number of carbonyl (C=O) groups is 1. The van der Waals surface area contributed by atoms with Crippen molar-refractivity contribution >= 4 is 23.1 Å². The molecule has 0 spiro atoms. The number of carbonyl (C=O) groups excluding carboxylic acids is 1. The van der Waals surface area contributed by atoms with E-state index in [1.54, 1.807) is 17.5 Å². The summed E-state index contributed by atoms with van der Waals surface area (Å²) in [6.45, 7) is 9.58. The number of amides is 1. The van der Waals surface area contributed by atoms with E-state index in [9.17, 15) is 4.79 Å². The number of hydrogen-bond donors (Lipinski definition) is 0. The maximum atomic E-state index is 13.0. The van der Waals surface area contributed by atoms with E-state index in [1.807, 2.05) is 11.0 Å². The maximum absolute atomic E-state index is 13.0. The minimum Gasteiger partial charge on any atom is -0.365 e. The van der Waals surface area contributed by atoms with Gasteiger partial charge in [-0.3, -0.25) is 4.79 Å². The molecule has 2 aromatic heterocycles. The van der Waals surface area contributed by atoms with Crippen molar-refractivity contribution in [2.24, 2.45) is 0 Å². The van der Waals surface area contributed by atoms with Crippen molar-refractivity contribution in [2.45, 2.75) is 45.3 Å². The second kappa shape index (κ2) is 7.20. The molecule has 2 aliphatic rings. The Balaban J connectivity index is 1.46. The van der Waals surface area contributed by atoms with Gasteiger partial charge >= 0.3 is 0 Å². The summed E-state index contributed by atoms with van der Waals surface area (Å²) in [5.41, 5.74) is 1.17. The van der Waals surface area contributed by atoms with Crippen LogP contribution in [0.15, 0.2) is 23.7 Å². The standard InChI is InChI=1S/C20H26N4O2S/c1-20(2,3)19-21-7-4-17(22-19)23-9-10-26-15(13-23)18(25)24-8-5-16-14(12-24)6-11-27-16/h4,6-7,11,15H,5,8-10,12-13H2,1-3H3. The van der Waals surface area contributed by atoms with Gasteiger partial charge in [-0.2, -0.15) is 0 Å². The third kappa shape index (κ3) is 3.84. The van der Waals surface area contributed by atoms with E-state index in [1.165, 1.54) is 10.4 Å². The summed E-state index contributed by atoms with van der Waals surface area (Å²) < 4.78 is 5.84. The maximum Gasteiger partial charge on any atom is 0.253 e. The molecule has 0 aromatic carbocycles. The Kier molecular flexibility index (Phi) is 4.90. The molecule has 1 fully saturated rings. The third-order valence-electron chi connectivity index (χ3n) is 5.10. The predicted molar refractivity (Wildman–Crippen MR) is 106 cm³/mol. The van der Waals surface area contributed by atoms with Crippen molar-refractivity contribution in [2.75, 3.05) is 31.1 Å². The monoisotopic (exact) mass is 386 g/mol. The summed E-state index contributed by atoms with van der Waals surface area (Å²) in [4.78, 5) is 27.7. The van der Waals surface area contributed by atoms with E-state index in [-0.39, 0.29) is 11.3 Å². The second-order valence-electron chi connectivity index (χ2n) is 8.17. The molecular weight excluding hydrogens is 360 g/mol. The van der Waals surface area contributed by atoms with Gasteiger partial charge < -0.3 is 14.5 Å². The zero-order chi connectivity index (χ0) is 19.0. The van der Waals surface area contributed by atoms with Gasteiger partial charge in [-0.25, -0.2) is 9.97 Å². The van der Waals surface area contributed by atoms with Crippen LogP contribution in [0, 0.1) is 0 Å². The van der Waals surface area contributed by atoms with Gasteiger partial charge in [-0.15, -0.1) is 11.3 Å². The Morgan fingerprint density at radius 1 is 1.30 bits per heavy atom. The number of ether oxygens (including phenoxy) is 1. The minimum atomic E-state index is -0.438. The third-order valence-corrected chi connectivity index (χ3v) is 6.12. The Morgan fingerprint density at radius 3 is 2.96 bits per heavy atom. The Bertz CT molecular complexity index is 829. The number of nitrogens with zero attached hydrogens (tertiary/aromatic N) is 4. The lowest BCUT2D eigenvalue weighted by molar-refractivity contribution is -0.145. The molecule has 1 saturated heterocycles. The highest BCUT2D eigenvalue weighted by Crippen LogP contribution is 2.26. The lowest BCUT2D eigenvalue weighted by Crippen LogP contribution is -2.52. The summed E-state index contributed by atoms with van der Waals surface area (Å²) >= 11 is 1.78. The molecular formula is C20H26N4O2S. The van der Waals surface area contributed by atoms with E-state index >= 15 is 0 Å². The molecule has 0 bridgehead atoms. The largest absolute Gasteiger partial charge is 0.365 e. The number of morpholine rings is 1. The van der Waals surface area contributed by atoms with Gasteiger partial charge in [0.15, 0.2) is 6.10 Å². The number of aromatic nitrogens is 2. The van der Waals surface area contributed by atoms with Gasteiger partial charge in [-0.1, -0.05) is 20.8 Å². The molecule has 144 valence electrons. The van der Waals surface area contributed by atoms with Crippen LogP contribution in [0.25, 0.3) is 0 Å². The molecule has 4 rings (SSSR count). The van der Waals surface area contributed by atoms with E-state index in [2.05, 4.69) is 42.1 Å². The molecule has 0 N–H and O–H groups in total. The quantitative estimate of drug-likeness (QED) is 0.794. The summed E-state index contributed by atoms with van der Waals surface area (Å²) in [5, 5.41) is 2.11. The van der Waals surface area contributed by atoms with Gasteiger partial charge in [0.05, 0.1) is 13.2 Å². The zero-order valence-electron chi connectivity index (χ0n) is 16.1. The first-order chi connectivity index (χ1) is 12.9. The Labute approximate surface area is 164 Å². The average molecular weight is 387 g/mol. The smallest absolute Gasteiger partial charge is 0.253 e. The SMILES string of the molecule is CC(C)(C)c1nccc(N2CCOC(C(=O)N3CCc4sccc4C3)C2)n1. The van der Waals surface area contributed by atoms with E-state index < -0.39 is 6.10 Å². The molecule has 27 heavy (non-hydrogen) atoms. The molecule has 0 saturated carbocycles. The molecule has 2 aliphatic heterocycles. The predicted octanol–water partition coefficient (Wildman–Crippen LogP) is 2.63. The van der Waals surface area contributed by atoms with Crippen molar-refractivity contribution in [3.8, 4) is 0 Å². The first-order valence-electron chi connectivity index (χ1n) is 9.46. The molecule has 7 heteroatoms. The lowest BCUT2D eigenvalue weighted by atomic mass is 9.96. The highest BCUT2D eigenvalue weighted by Gasteiger charge is 2.33. The molecule has 6 nitrogen and oxygen atoms in total. The van der Waals surface area contributed by atoms with Crippen LogP contribution >= 0.6 is 11.3 Å². The zero-order valence-corrected chi connectivity index (χ0v) is 17.0. The summed E-state index contributed by atoms with van der Waals surface area (Å²) in [7, 11) is 0. The highest BCUT2D eigenvalue weighted by atomic mass is 32.1. The van der Waals surface area contributed by atoms with Gasteiger partial charge in [0.2, 0.25) is 0 Å². The van der Waals surface area contributed by atoms with Gasteiger partial charge in [0.1, 0.15) is 11.6 Å². The van der Waals surface area contributed by atoms with Crippen LogP contribution < -0.4 is 4.90 Å². The molecule has 4 heterocycles. The van der Waals surface area contributed by atoms with Gasteiger partial charge in [0.25, 0.3) is 5.91 Å². The van der Waals surface area contributed by atoms with E-state index in [0.29, 0.717) is 19.7 Å². The topological polar surface area (TPSA) is 58.6 Å². The number of rotatable bonds is 2. The Hall–Kier alpha value is -1.99. The highest BCUT2D eigenvalue weighted by molar-refractivity contribution is 7.10. The van der Waals surface area contributed by atoms with Crippen LogP contribution in [-0.2, 0) is 27.9 Å². The van der Waals surface area contributed by atoms with Crippen LogP contribution in [0.1, 0.15) is 37.0 Å². The number of anilines is 1. The van der Waals surface area contributed by atoms with E-state index in [4.69, 9.17) is 9.72 Å². The van der Waals surface area contributed by atoms with Crippen molar-refractivity contribution in [1.29, 1.82) is 0 Å². The summed E-state index contributed by atoms with van der Waals surface area (Å²) in [6.07, 6.45) is 2.31. The number of hydrogen-bond acceptors (Lipinski definition) is 6. The fourth-order valence-electron chi connectivity index (χ4n) is 3.53. The van der Waals surface area contributed by atoms with Crippen LogP contribution in [-0.4, -0.2) is 53.1 Å². The molecule has 1 unspecified atom stereocenters. The summed E-state index contributed by atoms with van der Waals surface area (Å²) in [5.74, 6) is 1.77. The van der Waals surface area contributed by atoms with Crippen molar-refractivity contribution in [3.05, 3.63) is 40.0 Å². The fraction of sp³-hybridized carbons (Fsp3) is 0.550. The van der Waals surface area contributed by atoms with Gasteiger partial charge in [-0.05, 0) is 29.5 Å². The summed E-state index contributed by atoms with van der Waals surface area (Å²) in [6, 6.07) is 4.04. The number of thiophene rings is 1. The van der Waals surface area contributed by atoms with Gasteiger partial charge in [0, 0.05) is 36.1 Å². The molecule has 1 amide bonds. The van der Waals surface area contributed by atoms with Crippen molar-refractivity contribution in [1.82, 2.24) is 14.9 Å². The Morgan fingerprint density at radius 2 is 2.15 bits per heavy atom. The number of fused-ring (bicyclic) bond motifs is 1. The lowest BCUT2D eigenvalue weighted by Gasteiger charge is -2.36. The molecule has 1 atom stereocenters. The average Bonchev–Trinajstić information content (AvgIpc) is 3.15. The molecule has 0 radical (unpaired) electrons. The van der Waals surface area contributed by atoms with Crippen LogP contribution in [0.2, 0.25) is 0 Å². The second-order valence-corrected chi connectivity index (χ2v) is 9.17. The van der Waals surface area contributed by atoms with Crippen LogP contribution in [0.4, 0.5) is 5.82 Å². The minimum absolute atomic E-state index is 0.0849. The van der Waals surface area contributed by atoms with Crippen LogP contribution in [0.3, 0.4) is 0 Å². The fourth-order valence-corrected chi connectivity index (χ4v) is 4.42. The first-order valence-corrected chi connectivity index (χ1v) is 10.3. The first kappa shape index (κ1) is 18.4. The normalized spacial score (nSPS) is 20.5. The van der Waals surface area contributed by atoms with Crippen molar-refractivity contribution in [3.63, 3.8) is 0 Å². The molecule has 0 aliphatic carbocycles. The molecule has 2 aromatic rings. The van der Waals surface area contributed by atoms with Crippen LogP contribution in [0.5, 0.6) is 0 Å². The van der Waals surface area contributed by atoms with E-state index in [0.717, 1.165) is 31.2 Å². The van der Waals surface area contributed by atoms with Crippen molar-refractivity contribution < 1.29 is 9.53 Å².